The third-order valence-electron chi connectivity index (χ3n) is 4.96. The van der Waals surface area contributed by atoms with Crippen molar-refractivity contribution in [2.24, 2.45) is 0 Å². The van der Waals surface area contributed by atoms with Crippen LogP contribution < -0.4 is 10.6 Å². The topological polar surface area (TPSA) is 114 Å². The van der Waals surface area contributed by atoms with Gasteiger partial charge in [0.1, 0.15) is 6.17 Å². The van der Waals surface area contributed by atoms with Crippen molar-refractivity contribution in [2.45, 2.75) is 31.7 Å². The summed E-state index contributed by atoms with van der Waals surface area (Å²) in [4.78, 5) is 21.4. The standard InChI is InChI=1S/C20H22ClFN6O3/c1-20(2,30)17(22)7-25-19(29)14-5-23-15(3-16(14)27-12-9-31-10-12)13-6-26-28-8-11(21)4-24-18(13)28/h3-6,8,12,17,30H,7,9-10H2,1-2H3,(H,23,27)(H,25,29). The summed E-state index contributed by atoms with van der Waals surface area (Å²) in [6, 6.07) is 1.77. The molecular weight excluding hydrogens is 427 g/mol. The zero-order valence-corrected chi connectivity index (χ0v) is 17.7. The lowest BCUT2D eigenvalue weighted by molar-refractivity contribution is -0.00178. The van der Waals surface area contributed by atoms with E-state index in [1.54, 1.807) is 23.0 Å². The molecule has 1 aliphatic rings. The van der Waals surface area contributed by atoms with Crippen LogP contribution in [0.5, 0.6) is 0 Å². The molecule has 11 heteroatoms. The maximum absolute atomic E-state index is 14.0. The molecule has 9 nitrogen and oxygen atoms in total. The number of carbonyl (C=O) groups excluding carboxylic acids is 1. The van der Waals surface area contributed by atoms with Crippen molar-refractivity contribution in [3.8, 4) is 11.3 Å². The monoisotopic (exact) mass is 448 g/mol. The molecular formula is C20H22ClFN6O3. The lowest BCUT2D eigenvalue weighted by Gasteiger charge is -2.29. The molecule has 31 heavy (non-hydrogen) atoms. The summed E-state index contributed by atoms with van der Waals surface area (Å²) in [5.41, 5.74) is 1.02. The van der Waals surface area contributed by atoms with E-state index in [1.807, 2.05) is 0 Å². The Morgan fingerprint density at radius 3 is 2.84 bits per heavy atom. The predicted octanol–water partition coefficient (Wildman–Crippen LogP) is 2.09. The van der Waals surface area contributed by atoms with Crippen molar-refractivity contribution in [1.82, 2.24) is 24.9 Å². The van der Waals surface area contributed by atoms with E-state index in [-0.39, 0.29) is 18.2 Å². The summed E-state index contributed by atoms with van der Waals surface area (Å²) in [7, 11) is 0. The minimum atomic E-state index is -1.61. The molecule has 1 aliphatic heterocycles. The SMILES string of the molecule is CC(C)(O)C(F)CNC(=O)c1cnc(-c2cnn3cc(Cl)cnc23)cc1NC1COC1. The van der Waals surface area contributed by atoms with Crippen LogP contribution in [0.4, 0.5) is 10.1 Å². The third kappa shape index (κ3) is 4.60. The van der Waals surface area contributed by atoms with Crippen LogP contribution in [-0.4, -0.2) is 68.2 Å². The molecule has 1 unspecified atom stereocenters. The summed E-state index contributed by atoms with van der Waals surface area (Å²) in [6.07, 6.45) is 4.58. The Balaban J connectivity index is 1.63. The van der Waals surface area contributed by atoms with Crippen molar-refractivity contribution in [3.05, 3.63) is 41.4 Å². The molecule has 0 spiro atoms. The molecule has 0 saturated carbocycles. The minimum absolute atomic E-state index is 0.0490. The number of carbonyl (C=O) groups is 1. The first-order valence-electron chi connectivity index (χ1n) is 9.70. The number of anilines is 1. The average Bonchev–Trinajstić information content (AvgIpc) is 3.10. The van der Waals surface area contributed by atoms with E-state index in [1.165, 1.54) is 26.2 Å². The number of halogens is 2. The molecule has 0 aliphatic carbocycles. The van der Waals surface area contributed by atoms with Gasteiger partial charge in [0.25, 0.3) is 5.91 Å². The van der Waals surface area contributed by atoms with Crippen molar-refractivity contribution < 1.29 is 19.0 Å². The molecule has 4 heterocycles. The van der Waals surface area contributed by atoms with Crippen LogP contribution in [0.1, 0.15) is 24.2 Å². The van der Waals surface area contributed by atoms with Gasteiger partial charge in [0.2, 0.25) is 0 Å². The number of ether oxygens (including phenoxy) is 1. The Morgan fingerprint density at radius 2 is 2.16 bits per heavy atom. The van der Waals surface area contributed by atoms with Gasteiger partial charge in [0.15, 0.2) is 5.65 Å². The molecule has 1 atom stereocenters. The summed E-state index contributed by atoms with van der Waals surface area (Å²) < 4.78 is 20.8. The molecule has 1 amide bonds. The molecule has 3 aromatic heterocycles. The molecule has 0 radical (unpaired) electrons. The van der Waals surface area contributed by atoms with Crippen molar-refractivity contribution in [1.29, 1.82) is 0 Å². The van der Waals surface area contributed by atoms with Crippen LogP contribution in [0.3, 0.4) is 0 Å². The number of alkyl halides is 1. The highest BCUT2D eigenvalue weighted by Gasteiger charge is 2.28. The largest absolute Gasteiger partial charge is 0.387 e. The molecule has 4 rings (SSSR count). The average molecular weight is 449 g/mol. The van der Waals surface area contributed by atoms with Gasteiger partial charge in [-0.2, -0.15) is 5.10 Å². The Bertz CT molecular complexity index is 1110. The second kappa shape index (κ2) is 8.37. The van der Waals surface area contributed by atoms with Crippen LogP contribution >= 0.6 is 11.6 Å². The van der Waals surface area contributed by atoms with Gasteiger partial charge in [-0.15, -0.1) is 0 Å². The minimum Gasteiger partial charge on any atom is -0.387 e. The second-order valence-electron chi connectivity index (χ2n) is 7.92. The Labute approximate surface area is 182 Å². The van der Waals surface area contributed by atoms with Crippen LogP contribution in [-0.2, 0) is 4.74 Å². The normalized spacial score (nSPS) is 15.5. The maximum atomic E-state index is 14.0. The van der Waals surface area contributed by atoms with E-state index in [0.29, 0.717) is 40.8 Å². The van der Waals surface area contributed by atoms with Crippen LogP contribution in [0, 0.1) is 0 Å². The van der Waals surface area contributed by atoms with Gasteiger partial charge in [-0.05, 0) is 19.9 Å². The number of hydrogen-bond donors (Lipinski definition) is 3. The van der Waals surface area contributed by atoms with E-state index in [4.69, 9.17) is 16.3 Å². The lowest BCUT2D eigenvalue weighted by Crippen LogP contribution is -2.43. The van der Waals surface area contributed by atoms with Gasteiger partial charge in [0.05, 0.1) is 71.3 Å². The zero-order valence-electron chi connectivity index (χ0n) is 17.0. The van der Waals surface area contributed by atoms with Crippen LogP contribution in [0.15, 0.2) is 30.9 Å². The highest BCUT2D eigenvalue weighted by Crippen LogP contribution is 2.27. The highest BCUT2D eigenvalue weighted by atomic mass is 35.5. The van der Waals surface area contributed by atoms with Crippen LogP contribution in [0.2, 0.25) is 5.02 Å². The van der Waals surface area contributed by atoms with E-state index in [9.17, 15) is 14.3 Å². The zero-order chi connectivity index (χ0) is 22.2. The molecule has 3 aromatic rings. The number of amides is 1. The van der Waals surface area contributed by atoms with Gasteiger partial charge >= 0.3 is 0 Å². The molecule has 0 aromatic carbocycles. The first-order valence-corrected chi connectivity index (χ1v) is 10.1. The molecule has 1 saturated heterocycles. The fourth-order valence-electron chi connectivity index (χ4n) is 3.00. The van der Waals surface area contributed by atoms with Crippen molar-refractivity contribution in [2.75, 3.05) is 25.1 Å². The van der Waals surface area contributed by atoms with Crippen molar-refractivity contribution >= 4 is 28.8 Å². The molecule has 3 N–H and O–H groups in total. The van der Waals surface area contributed by atoms with Gasteiger partial charge in [-0.3, -0.25) is 9.78 Å². The fraction of sp³-hybridized carbons (Fsp3) is 0.400. The predicted molar refractivity (Wildman–Crippen MR) is 113 cm³/mol. The first kappa shape index (κ1) is 21.4. The number of pyridine rings is 1. The first-order chi connectivity index (χ1) is 14.7. The summed E-state index contributed by atoms with van der Waals surface area (Å²) >= 11 is 5.97. The maximum Gasteiger partial charge on any atom is 0.255 e. The highest BCUT2D eigenvalue weighted by molar-refractivity contribution is 6.30. The van der Waals surface area contributed by atoms with Crippen LogP contribution in [0.25, 0.3) is 16.9 Å². The third-order valence-corrected chi connectivity index (χ3v) is 5.15. The van der Waals surface area contributed by atoms with E-state index in [0.717, 1.165) is 0 Å². The number of rotatable bonds is 7. The number of aromatic nitrogens is 4. The number of nitrogens with zero attached hydrogens (tertiary/aromatic N) is 4. The summed E-state index contributed by atoms with van der Waals surface area (Å²) in [5.74, 6) is -0.501. The quantitative estimate of drug-likeness (QED) is 0.507. The Hall–Kier alpha value is -2.82. The van der Waals surface area contributed by atoms with Gasteiger partial charge < -0.3 is 20.5 Å². The molecule has 164 valence electrons. The number of hydrogen-bond acceptors (Lipinski definition) is 7. The fourth-order valence-corrected chi connectivity index (χ4v) is 3.14. The lowest BCUT2D eigenvalue weighted by atomic mass is 10.0. The second-order valence-corrected chi connectivity index (χ2v) is 8.36. The molecule has 0 bridgehead atoms. The Kier molecular flexibility index (Phi) is 5.78. The smallest absolute Gasteiger partial charge is 0.255 e. The number of nitrogens with one attached hydrogen (secondary N) is 2. The van der Waals surface area contributed by atoms with Crippen molar-refractivity contribution in [3.63, 3.8) is 0 Å². The van der Waals surface area contributed by atoms with Gasteiger partial charge in [-0.1, -0.05) is 11.6 Å². The van der Waals surface area contributed by atoms with E-state index in [2.05, 4.69) is 25.7 Å². The number of aliphatic hydroxyl groups is 1. The summed E-state index contributed by atoms with van der Waals surface area (Å²) in [6.45, 7) is 3.40. The summed E-state index contributed by atoms with van der Waals surface area (Å²) in [5, 5.41) is 20.2. The van der Waals surface area contributed by atoms with Gasteiger partial charge in [0, 0.05) is 12.4 Å². The molecule has 1 fully saturated rings. The van der Waals surface area contributed by atoms with Gasteiger partial charge in [-0.25, -0.2) is 13.9 Å². The van der Waals surface area contributed by atoms with E-state index < -0.39 is 17.7 Å². The Morgan fingerprint density at radius 1 is 1.39 bits per heavy atom. The number of fused-ring (bicyclic) bond motifs is 1. The van der Waals surface area contributed by atoms with E-state index >= 15 is 0 Å².